The van der Waals surface area contributed by atoms with Crippen LogP contribution < -0.4 is 4.74 Å². The van der Waals surface area contributed by atoms with Crippen molar-refractivity contribution in [1.29, 1.82) is 0 Å². The first-order valence-corrected chi connectivity index (χ1v) is 8.04. The highest BCUT2D eigenvalue weighted by Gasteiger charge is 2.15. The minimum atomic E-state index is -0.449. The van der Waals surface area contributed by atoms with Crippen LogP contribution >= 0.6 is 11.3 Å². The van der Waals surface area contributed by atoms with Crippen LogP contribution in [0.5, 0.6) is 5.75 Å². The third kappa shape index (κ3) is 3.60. The van der Waals surface area contributed by atoms with Crippen LogP contribution in [0, 0.1) is 0 Å². The molecule has 0 aliphatic heterocycles. The Morgan fingerprint density at radius 2 is 2.13 bits per heavy atom. The van der Waals surface area contributed by atoms with Crippen molar-refractivity contribution in [3.63, 3.8) is 0 Å². The maximum atomic E-state index is 12.2. The van der Waals surface area contributed by atoms with Gasteiger partial charge in [-0.25, -0.2) is 4.79 Å². The summed E-state index contributed by atoms with van der Waals surface area (Å²) >= 11 is 1.56. The molecule has 2 heterocycles. The molecule has 5 nitrogen and oxygen atoms in total. The molecule has 0 aliphatic rings. The maximum Gasteiger partial charge on any atom is 0.342 e. The lowest BCUT2D eigenvalue weighted by Gasteiger charge is -2.08. The molecule has 118 valence electrons. The number of benzene rings is 1. The lowest BCUT2D eigenvalue weighted by Crippen LogP contribution is -2.08. The molecular formula is C17H15NO4S. The summed E-state index contributed by atoms with van der Waals surface area (Å²) in [6, 6.07) is 12.6. The highest BCUT2D eigenvalue weighted by atomic mass is 32.1. The minimum Gasteiger partial charge on any atom is -0.493 e. The van der Waals surface area contributed by atoms with E-state index in [0.29, 0.717) is 29.4 Å². The Labute approximate surface area is 137 Å². The number of ether oxygens (including phenoxy) is 2. The van der Waals surface area contributed by atoms with Crippen molar-refractivity contribution < 1.29 is 18.8 Å². The Bertz CT molecular complexity index is 780. The van der Waals surface area contributed by atoms with Crippen LogP contribution in [-0.2, 0) is 11.3 Å². The van der Waals surface area contributed by atoms with Crippen LogP contribution in [0.25, 0.3) is 10.6 Å². The summed E-state index contributed by atoms with van der Waals surface area (Å²) in [7, 11) is 0. The van der Waals surface area contributed by atoms with Gasteiger partial charge in [0.25, 0.3) is 0 Å². The molecule has 3 rings (SSSR count). The molecule has 0 bridgehead atoms. The number of esters is 1. The molecule has 23 heavy (non-hydrogen) atoms. The molecule has 0 atom stereocenters. The van der Waals surface area contributed by atoms with Gasteiger partial charge in [0, 0.05) is 6.07 Å². The summed E-state index contributed by atoms with van der Waals surface area (Å²) in [6.45, 7) is 2.40. The molecule has 0 saturated heterocycles. The van der Waals surface area contributed by atoms with E-state index >= 15 is 0 Å². The third-order valence-electron chi connectivity index (χ3n) is 3.08. The lowest BCUT2D eigenvalue weighted by molar-refractivity contribution is 0.0460. The Hall–Kier alpha value is -2.60. The monoisotopic (exact) mass is 329 g/mol. The molecule has 0 N–H and O–H groups in total. The van der Waals surface area contributed by atoms with Gasteiger partial charge in [0.1, 0.15) is 23.6 Å². The van der Waals surface area contributed by atoms with Crippen molar-refractivity contribution in [1.82, 2.24) is 5.16 Å². The fourth-order valence-corrected chi connectivity index (χ4v) is 2.72. The van der Waals surface area contributed by atoms with Crippen LogP contribution in [0.3, 0.4) is 0 Å². The second-order valence-electron chi connectivity index (χ2n) is 4.67. The molecule has 0 radical (unpaired) electrons. The van der Waals surface area contributed by atoms with Crippen molar-refractivity contribution >= 4 is 17.3 Å². The zero-order valence-corrected chi connectivity index (χ0v) is 13.3. The molecule has 2 aromatic heterocycles. The largest absolute Gasteiger partial charge is 0.493 e. The van der Waals surface area contributed by atoms with E-state index in [1.165, 1.54) is 0 Å². The van der Waals surface area contributed by atoms with Crippen molar-refractivity contribution in [2.45, 2.75) is 13.5 Å². The predicted octanol–water partition coefficient (Wildman–Crippen LogP) is 4.16. The van der Waals surface area contributed by atoms with Crippen LogP contribution in [-0.4, -0.2) is 17.7 Å². The molecule has 6 heteroatoms. The molecule has 1 aromatic carbocycles. The highest BCUT2D eigenvalue weighted by molar-refractivity contribution is 7.13. The molecule has 0 saturated carbocycles. The van der Waals surface area contributed by atoms with E-state index in [0.717, 1.165) is 4.88 Å². The first kappa shape index (κ1) is 15.3. The average Bonchev–Trinajstić information content (AvgIpc) is 3.24. The van der Waals surface area contributed by atoms with Gasteiger partial charge in [-0.15, -0.1) is 11.3 Å². The Morgan fingerprint density at radius 3 is 2.91 bits per heavy atom. The standard InChI is InChI=1S/C17H15NO4S/c1-2-20-14-7-4-3-6-13(14)17(19)21-11-12-10-15(22-18-12)16-8-5-9-23-16/h3-10H,2,11H2,1H3. The molecule has 0 aliphatic carbocycles. The van der Waals surface area contributed by atoms with E-state index in [1.54, 1.807) is 35.6 Å². The zero-order chi connectivity index (χ0) is 16.1. The van der Waals surface area contributed by atoms with Gasteiger partial charge in [-0.2, -0.15) is 0 Å². The van der Waals surface area contributed by atoms with Crippen LogP contribution in [0.2, 0.25) is 0 Å². The third-order valence-corrected chi connectivity index (χ3v) is 3.97. The van der Waals surface area contributed by atoms with E-state index in [9.17, 15) is 4.79 Å². The second kappa shape index (κ2) is 7.11. The SMILES string of the molecule is CCOc1ccccc1C(=O)OCc1cc(-c2cccs2)on1. The normalized spacial score (nSPS) is 10.5. The van der Waals surface area contributed by atoms with Gasteiger partial charge < -0.3 is 14.0 Å². The summed E-state index contributed by atoms with van der Waals surface area (Å²) in [5, 5.41) is 5.88. The summed E-state index contributed by atoms with van der Waals surface area (Å²) in [5.41, 5.74) is 0.965. The van der Waals surface area contributed by atoms with E-state index in [2.05, 4.69) is 5.16 Å². The number of rotatable bonds is 6. The van der Waals surface area contributed by atoms with E-state index in [-0.39, 0.29) is 6.61 Å². The maximum absolute atomic E-state index is 12.2. The molecular weight excluding hydrogens is 314 g/mol. The Morgan fingerprint density at radius 1 is 1.26 bits per heavy atom. The lowest BCUT2D eigenvalue weighted by atomic mass is 10.2. The van der Waals surface area contributed by atoms with Gasteiger partial charge >= 0.3 is 5.97 Å². The molecule has 0 unspecified atom stereocenters. The smallest absolute Gasteiger partial charge is 0.342 e. The van der Waals surface area contributed by atoms with Gasteiger partial charge in [-0.3, -0.25) is 0 Å². The molecule has 3 aromatic rings. The predicted molar refractivity (Wildman–Crippen MR) is 86.5 cm³/mol. The fourth-order valence-electron chi connectivity index (χ4n) is 2.05. The number of aromatic nitrogens is 1. The van der Waals surface area contributed by atoms with Crippen LogP contribution in [0.4, 0.5) is 0 Å². The van der Waals surface area contributed by atoms with Gasteiger partial charge in [-0.1, -0.05) is 23.4 Å². The summed E-state index contributed by atoms with van der Waals surface area (Å²) in [4.78, 5) is 13.2. The number of carbonyl (C=O) groups is 1. The number of thiophene rings is 1. The number of carbonyl (C=O) groups excluding carboxylic acids is 1. The molecule has 0 spiro atoms. The first-order chi connectivity index (χ1) is 11.3. The number of nitrogens with zero attached hydrogens (tertiary/aromatic N) is 1. The van der Waals surface area contributed by atoms with Crippen LogP contribution in [0.1, 0.15) is 23.0 Å². The average molecular weight is 329 g/mol. The van der Waals surface area contributed by atoms with Crippen LogP contribution in [0.15, 0.2) is 52.4 Å². The summed E-state index contributed by atoms with van der Waals surface area (Å²) < 4.78 is 16.0. The second-order valence-corrected chi connectivity index (χ2v) is 5.61. The Kier molecular flexibility index (Phi) is 4.73. The first-order valence-electron chi connectivity index (χ1n) is 7.16. The van der Waals surface area contributed by atoms with Crippen molar-refractivity contribution in [2.24, 2.45) is 0 Å². The van der Waals surface area contributed by atoms with Gasteiger partial charge in [-0.05, 0) is 30.5 Å². The van der Waals surface area contributed by atoms with E-state index in [4.69, 9.17) is 14.0 Å². The van der Waals surface area contributed by atoms with E-state index < -0.39 is 5.97 Å². The number of para-hydroxylation sites is 1. The summed E-state index contributed by atoms with van der Waals surface area (Å²) in [5.74, 6) is 0.731. The quantitative estimate of drug-likeness (QED) is 0.636. The van der Waals surface area contributed by atoms with Crippen molar-refractivity contribution in [2.75, 3.05) is 6.61 Å². The fraction of sp³-hybridized carbons (Fsp3) is 0.176. The van der Waals surface area contributed by atoms with Crippen molar-refractivity contribution in [3.8, 4) is 16.4 Å². The van der Waals surface area contributed by atoms with Gasteiger partial charge in [0.05, 0.1) is 11.5 Å². The summed E-state index contributed by atoms with van der Waals surface area (Å²) in [6.07, 6.45) is 0. The Balaban J connectivity index is 1.65. The molecule has 0 amide bonds. The topological polar surface area (TPSA) is 61.6 Å². The molecule has 0 fully saturated rings. The zero-order valence-electron chi connectivity index (χ0n) is 12.5. The van der Waals surface area contributed by atoms with Gasteiger partial charge in [0.2, 0.25) is 0 Å². The number of hydrogen-bond donors (Lipinski definition) is 0. The van der Waals surface area contributed by atoms with Gasteiger partial charge in [0.15, 0.2) is 5.76 Å². The number of hydrogen-bond acceptors (Lipinski definition) is 6. The van der Waals surface area contributed by atoms with Crippen molar-refractivity contribution in [3.05, 3.63) is 59.1 Å². The minimum absolute atomic E-state index is 0.0498. The van der Waals surface area contributed by atoms with E-state index in [1.807, 2.05) is 30.5 Å². The highest BCUT2D eigenvalue weighted by Crippen LogP contribution is 2.25.